The van der Waals surface area contributed by atoms with Crippen LogP contribution in [-0.2, 0) is 23.9 Å². The fourth-order valence-corrected chi connectivity index (χ4v) is 4.10. The Kier molecular flexibility index (Phi) is 8.66. The molecule has 0 radical (unpaired) electrons. The number of nitrogens with one attached hydrogen (secondary N) is 2. The number of alkyl halides is 3. The van der Waals surface area contributed by atoms with Crippen LogP contribution in [0.1, 0.15) is 35.5 Å². The number of nitrogens with two attached hydrogens (primary N) is 1. The van der Waals surface area contributed by atoms with E-state index in [1.807, 2.05) is 19.9 Å². The molecule has 1 atom stereocenters. The molecule has 1 amide bonds. The van der Waals surface area contributed by atoms with E-state index in [0.717, 1.165) is 10.2 Å². The number of nitriles is 1. The van der Waals surface area contributed by atoms with E-state index in [9.17, 15) is 18.0 Å². The normalized spacial score (nSPS) is 12.3. The molecule has 3 aromatic heterocycles. The molecule has 4 N–H and O–H groups in total. The summed E-state index contributed by atoms with van der Waals surface area (Å²) in [6.07, 6.45) is 1.25. The van der Waals surface area contributed by atoms with Crippen LogP contribution in [0.15, 0.2) is 43.0 Å². The number of hydrogen-bond donors (Lipinski definition) is 3. The molecular formula is C26H28F3N9O2. The third kappa shape index (κ3) is 6.38. The lowest BCUT2D eigenvalue weighted by Gasteiger charge is -2.13. The first-order valence-electron chi connectivity index (χ1n) is 12.5. The van der Waals surface area contributed by atoms with Gasteiger partial charge in [0.15, 0.2) is 17.2 Å². The van der Waals surface area contributed by atoms with E-state index in [1.54, 1.807) is 18.2 Å². The topological polar surface area (TPSA) is 148 Å². The fraction of sp³-hybridized carbons (Fsp3) is 0.346. The Labute approximate surface area is 227 Å². The Morgan fingerprint density at radius 1 is 1.30 bits per heavy atom. The molecule has 40 heavy (non-hydrogen) atoms. The van der Waals surface area contributed by atoms with Crippen LogP contribution < -0.4 is 16.4 Å². The molecule has 0 aliphatic carbocycles. The number of hydrogen-bond acceptors (Lipinski definition) is 8. The number of benzene rings is 1. The van der Waals surface area contributed by atoms with Crippen LogP contribution in [0.3, 0.4) is 0 Å². The number of rotatable bonds is 11. The van der Waals surface area contributed by atoms with Crippen molar-refractivity contribution in [2.24, 2.45) is 5.73 Å². The molecule has 0 saturated carbocycles. The molecule has 4 aromatic rings. The lowest BCUT2D eigenvalue weighted by molar-refractivity contribution is -0.141. The van der Waals surface area contributed by atoms with Crippen LogP contribution in [-0.4, -0.2) is 55.9 Å². The number of nitrogens with zero attached hydrogens (tertiary/aromatic N) is 6. The maximum Gasteiger partial charge on any atom is 0.435 e. The van der Waals surface area contributed by atoms with Crippen molar-refractivity contribution < 1.29 is 22.7 Å². The number of imidazole rings is 1. The lowest BCUT2D eigenvalue weighted by Crippen LogP contribution is -2.30. The number of carbonyl (C=O) groups excluding carboxylic acids is 1. The van der Waals surface area contributed by atoms with Gasteiger partial charge in [-0.15, -0.1) is 0 Å². The van der Waals surface area contributed by atoms with E-state index in [2.05, 4.69) is 25.7 Å². The summed E-state index contributed by atoms with van der Waals surface area (Å²) in [5.74, 6) is 0.0700. The predicted octanol–water partition coefficient (Wildman–Crippen LogP) is 3.53. The van der Waals surface area contributed by atoms with Crippen molar-refractivity contribution in [1.29, 1.82) is 5.26 Å². The number of halogens is 3. The van der Waals surface area contributed by atoms with Crippen molar-refractivity contribution in [2.75, 3.05) is 25.1 Å². The Bertz CT molecular complexity index is 1540. The van der Waals surface area contributed by atoms with Gasteiger partial charge in [0.05, 0.1) is 36.7 Å². The first-order valence-corrected chi connectivity index (χ1v) is 12.5. The number of aromatic nitrogens is 5. The van der Waals surface area contributed by atoms with Crippen LogP contribution in [0.25, 0.3) is 16.9 Å². The molecule has 11 nitrogen and oxygen atoms in total. The fourth-order valence-electron chi connectivity index (χ4n) is 4.10. The highest BCUT2D eigenvalue weighted by atomic mass is 19.4. The summed E-state index contributed by atoms with van der Waals surface area (Å²) in [5.41, 5.74) is 6.67. The van der Waals surface area contributed by atoms with E-state index in [0.29, 0.717) is 43.2 Å². The van der Waals surface area contributed by atoms with Gasteiger partial charge in [-0.3, -0.25) is 13.9 Å². The molecule has 1 unspecified atom stereocenters. The highest BCUT2D eigenvalue weighted by molar-refractivity contribution is 5.96. The zero-order chi connectivity index (χ0) is 28.9. The van der Waals surface area contributed by atoms with Gasteiger partial charge in [-0.1, -0.05) is 6.92 Å². The molecule has 14 heteroatoms. The maximum absolute atomic E-state index is 13.7. The largest absolute Gasteiger partial charge is 0.435 e. The molecule has 0 aliphatic rings. The zero-order valence-corrected chi connectivity index (χ0v) is 21.9. The number of carbonyl (C=O) groups is 1. The van der Waals surface area contributed by atoms with Gasteiger partial charge in [0.25, 0.3) is 5.91 Å². The second kappa shape index (κ2) is 12.1. The molecule has 4 rings (SSSR count). The minimum absolute atomic E-state index is 0.0814. The van der Waals surface area contributed by atoms with E-state index in [-0.39, 0.29) is 35.4 Å². The maximum atomic E-state index is 13.7. The third-order valence-corrected chi connectivity index (χ3v) is 5.87. The molecule has 3 heterocycles. The predicted molar refractivity (Wildman–Crippen MR) is 141 cm³/mol. The Hall–Kier alpha value is -4.48. The zero-order valence-electron chi connectivity index (χ0n) is 21.9. The lowest BCUT2D eigenvalue weighted by atomic mass is 10.0. The molecule has 0 spiro atoms. The highest BCUT2D eigenvalue weighted by Gasteiger charge is 2.38. The number of ether oxygens (including phenoxy) is 1. The molecule has 0 fully saturated rings. The number of aryl methyl sites for hydroxylation is 1. The van der Waals surface area contributed by atoms with Gasteiger partial charge in [0.1, 0.15) is 6.54 Å². The summed E-state index contributed by atoms with van der Waals surface area (Å²) in [6.45, 7) is 4.52. The first kappa shape index (κ1) is 28.5. The molecular weight excluding hydrogens is 527 g/mol. The van der Waals surface area contributed by atoms with Crippen molar-refractivity contribution >= 4 is 23.1 Å². The first-order chi connectivity index (χ1) is 19.1. The van der Waals surface area contributed by atoms with E-state index in [4.69, 9.17) is 15.7 Å². The van der Waals surface area contributed by atoms with Crippen molar-refractivity contribution in [2.45, 2.75) is 39.0 Å². The van der Waals surface area contributed by atoms with Gasteiger partial charge >= 0.3 is 6.18 Å². The molecule has 0 saturated heterocycles. The van der Waals surface area contributed by atoms with Crippen LogP contribution in [0, 0.1) is 11.3 Å². The Balaban J connectivity index is 1.57. The minimum atomic E-state index is -4.73. The van der Waals surface area contributed by atoms with Crippen LogP contribution in [0.2, 0.25) is 0 Å². The third-order valence-electron chi connectivity index (χ3n) is 5.87. The number of anilines is 2. The molecule has 210 valence electrons. The number of fused-ring (bicyclic) bond motifs is 1. The van der Waals surface area contributed by atoms with Gasteiger partial charge < -0.3 is 21.1 Å². The second-order valence-corrected chi connectivity index (χ2v) is 9.02. The van der Waals surface area contributed by atoms with Gasteiger partial charge in [-0.2, -0.15) is 23.5 Å². The van der Waals surface area contributed by atoms with Gasteiger partial charge in [-0.25, -0.2) is 9.97 Å². The van der Waals surface area contributed by atoms with Crippen molar-refractivity contribution in [3.8, 4) is 17.3 Å². The van der Waals surface area contributed by atoms with Crippen LogP contribution in [0.4, 0.5) is 24.7 Å². The van der Waals surface area contributed by atoms with Crippen molar-refractivity contribution in [3.05, 3.63) is 59.8 Å². The van der Waals surface area contributed by atoms with Gasteiger partial charge in [0.2, 0.25) is 0 Å². The van der Waals surface area contributed by atoms with Crippen LogP contribution in [0.5, 0.6) is 0 Å². The van der Waals surface area contributed by atoms with Gasteiger partial charge in [-0.05, 0) is 37.1 Å². The van der Waals surface area contributed by atoms with E-state index >= 15 is 0 Å². The molecule has 1 aromatic carbocycles. The highest BCUT2D eigenvalue weighted by Crippen LogP contribution is 2.37. The van der Waals surface area contributed by atoms with Crippen molar-refractivity contribution in [1.82, 2.24) is 29.5 Å². The average Bonchev–Trinajstić information content (AvgIpc) is 3.53. The van der Waals surface area contributed by atoms with E-state index < -0.39 is 11.9 Å². The number of amides is 1. The summed E-state index contributed by atoms with van der Waals surface area (Å²) in [7, 11) is 0. The summed E-state index contributed by atoms with van der Waals surface area (Å²) in [6, 6.07) is 6.92. The van der Waals surface area contributed by atoms with Gasteiger partial charge in [0, 0.05) is 42.4 Å². The standard InChI is InChI=1S/C26H28F3N9O2/c1-3-17-12-18(4-5-19(17)25(39)33-8-11-40-15-16(2)31)35-23-24-34-13-21(38(24)10-7-32-23)20-14-37(9-6-30)36-22(20)26(27,28)29/h4-5,7,10,12-14,16H,3,8-9,11,15,31H2,1-2H3,(H,32,35)(H,33,39). The summed E-state index contributed by atoms with van der Waals surface area (Å²) < 4.78 is 48.9. The quantitative estimate of drug-likeness (QED) is 0.238. The van der Waals surface area contributed by atoms with Crippen molar-refractivity contribution in [3.63, 3.8) is 0 Å². The Morgan fingerprint density at radius 2 is 2.10 bits per heavy atom. The van der Waals surface area contributed by atoms with E-state index in [1.165, 1.54) is 29.2 Å². The summed E-state index contributed by atoms with van der Waals surface area (Å²) in [4.78, 5) is 21.3. The molecule has 0 aliphatic heterocycles. The average molecular weight is 556 g/mol. The Morgan fingerprint density at radius 3 is 2.80 bits per heavy atom. The summed E-state index contributed by atoms with van der Waals surface area (Å²) >= 11 is 0. The SMILES string of the molecule is CCc1cc(Nc2nccn3c(-c4cn(CC#N)nc4C(F)(F)F)cnc23)ccc1C(=O)NCCOCC(C)N. The minimum Gasteiger partial charge on any atom is -0.378 e. The van der Waals surface area contributed by atoms with Crippen LogP contribution >= 0.6 is 0 Å². The smallest absolute Gasteiger partial charge is 0.378 e. The molecule has 0 bridgehead atoms. The summed E-state index contributed by atoms with van der Waals surface area (Å²) in [5, 5.41) is 18.4. The monoisotopic (exact) mass is 555 g/mol. The second-order valence-electron chi connectivity index (χ2n) is 9.02.